The van der Waals surface area contributed by atoms with E-state index in [2.05, 4.69) is 16.7 Å². The molecule has 1 aliphatic rings. The Bertz CT molecular complexity index is 1170. The molecule has 7 nitrogen and oxygen atoms in total. The first-order valence-electron chi connectivity index (χ1n) is 11.2. The lowest BCUT2D eigenvalue weighted by atomic mass is 9.99. The standard InChI is InChI=1S/C25H28N4O3S/c1-2-13-33(31,32)24-11-10-20(15-21(24)16-26)19-8-6-18(7-9-19)14-22(17-27)29-25(30)23-5-3-4-12-28-23/h6-11,15,22-23,28H,2-5,12-14H2,1H3,(H,29,30)/t22-,23-/m0/s1. The van der Waals surface area contributed by atoms with E-state index in [9.17, 15) is 23.7 Å². The van der Waals surface area contributed by atoms with Crippen molar-refractivity contribution in [3.8, 4) is 23.3 Å². The molecule has 2 atom stereocenters. The van der Waals surface area contributed by atoms with Gasteiger partial charge in [0.1, 0.15) is 12.1 Å². The second-order valence-corrected chi connectivity index (χ2v) is 10.3. The number of sulfone groups is 1. The number of carbonyl (C=O) groups is 1. The Balaban J connectivity index is 1.71. The maximum atomic E-state index is 12.4. The van der Waals surface area contributed by atoms with Gasteiger partial charge in [-0.25, -0.2) is 8.42 Å². The van der Waals surface area contributed by atoms with Gasteiger partial charge in [0.25, 0.3) is 0 Å². The van der Waals surface area contributed by atoms with Crippen LogP contribution >= 0.6 is 0 Å². The van der Waals surface area contributed by atoms with E-state index in [4.69, 9.17) is 0 Å². The predicted octanol–water partition coefficient (Wildman–Crippen LogP) is 3.10. The van der Waals surface area contributed by atoms with Crippen molar-refractivity contribution in [2.75, 3.05) is 12.3 Å². The molecule has 0 aliphatic carbocycles. The van der Waals surface area contributed by atoms with Crippen molar-refractivity contribution < 1.29 is 13.2 Å². The van der Waals surface area contributed by atoms with Crippen molar-refractivity contribution in [1.29, 1.82) is 10.5 Å². The highest BCUT2D eigenvalue weighted by atomic mass is 32.2. The molecule has 172 valence electrons. The summed E-state index contributed by atoms with van der Waals surface area (Å²) in [6.07, 6.45) is 3.71. The fourth-order valence-electron chi connectivity index (χ4n) is 3.99. The summed E-state index contributed by atoms with van der Waals surface area (Å²) in [4.78, 5) is 12.5. The number of nitrogens with zero attached hydrogens (tertiary/aromatic N) is 2. The second kappa shape index (κ2) is 11.1. The number of carbonyl (C=O) groups excluding carboxylic acids is 1. The van der Waals surface area contributed by atoms with Gasteiger partial charge in [0.15, 0.2) is 9.84 Å². The van der Waals surface area contributed by atoms with E-state index in [-0.39, 0.29) is 28.2 Å². The van der Waals surface area contributed by atoms with Gasteiger partial charge in [0.05, 0.1) is 28.3 Å². The maximum Gasteiger partial charge on any atom is 0.238 e. The molecular formula is C25H28N4O3S. The molecule has 2 aromatic carbocycles. The molecule has 1 heterocycles. The lowest BCUT2D eigenvalue weighted by molar-refractivity contribution is -0.124. The van der Waals surface area contributed by atoms with Gasteiger partial charge in [0.2, 0.25) is 5.91 Å². The molecule has 1 fully saturated rings. The molecule has 2 N–H and O–H groups in total. The summed E-state index contributed by atoms with van der Waals surface area (Å²) in [5.74, 6) is -0.136. The molecule has 0 radical (unpaired) electrons. The molecule has 0 bridgehead atoms. The summed E-state index contributed by atoms with van der Waals surface area (Å²) in [5, 5.41) is 25.0. The van der Waals surface area contributed by atoms with Gasteiger partial charge < -0.3 is 10.6 Å². The van der Waals surface area contributed by atoms with Crippen LogP contribution < -0.4 is 10.6 Å². The van der Waals surface area contributed by atoms with E-state index >= 15 is 0 Å². The van der Waals surface area contributed by atoms with E-state index < -0.39 is 15.9 Å². The van der Waals surface area contributed by atoms with Crippen molar-refractivity contribution in [2.24, 2.45) is 0 Å². The molecule has 2 aromatic rings. The lowest BCUT2D eigenvalue weighted by Crippen LogP contribution is -2.49. The summed E-state index contributed by atoms with van der Waals surface area (Å²) in [6, 6.07) is 15.6. The van der Waals surface area contributed by atoms with E-state index in [0.29, 0.717) is 12.8 Å². The SMILES string of the molecule is CCCS(=O)(=O)c1ccc(-c2ccc(C[C@@H](C#N)NC(=O)[C@@H]3CCCCN3)cc2)cc1C#N. The van der Waals surface area contributed by atoms with Gasteiger partial charge in [-0.3, -0.25) is 4.79 Å². The van der Waals surface area contributed by atoms with Crippen LogP contribution in [0.2, 0.25) is 0 Å². The minimum absolute atomic E-state index is 0.00311. The van der Waals surface area contributed by atoms with Crippen molar-refractivity contribution in [1.82, 2.24) is 10.6 Å². The van der Waals surface area contributed by atoms with Crippen molar-refractivity contribution in [2.45, 2.75) is 56.0 Å². The summed E-state index contributed by atoms with van der Waals surface area (Å²) >= 11 is 0. The smallest absolute Gasteiger partial charge is 0.238 e. The molecule has 0 saturated carbocycles. The van der Waals surface area contributed by atoms with Gasteiger partial charge in [-0.1, -0.05) is 43.7 Å². The zero-order valence-electron chi connectivity index (χ0n) is 18.7. The van der Waals surface area contributed by atoms with Crippen LogP contribution in [0.15, 0.2) is 47.4 Å². The quantitative estimate of drug-likeness (QED) is 0.619. The van der Waals surface area contributed by atoms with Crippen LogP contribution in [0.25, 0.3) is 11.1 Å². The molecule has 0 aromatic heterocycles. The first kappa shape index (κ1) is 24.4. The van der Waals surface area contributed by atoms with Crippen molar-refractivity contribution in [3.05, 3.63) is 53.6 Å². The zero-order chi connectivity index (χ0) is 23.8. The van der Waals surface area contributed by atoms with Crippen LogP contribution in [0.4, 0.5) is 0 Å². The Hall–Kier alpha value is -3.20. The van der Waals surface area contributed by atoms with Crippen molar-refractivity contribution in [3.63, 3.8) is 0 Å². The number of piperidine rings is 1. The van der Waals surface area contributed by atoms with Crippen LogP contribution in [0.5, 0.6) is 0 Å². The number of nitrogens with one attached hydrogen (secondary N) is 2. The number of hydrogen-bond acceptors (Lipinski definition) is 6. The Morgan fingerprint density at radius 2 is 1.88 bits per heavy atom. The number of benzene rings is 2. The van der Waals surface area contributed by atoms with Crippen molar-refractivity contribution >= 4 is 15.7 Å². The summed E-state index contributed by atoms with van der Waals surface area (Å²) in [5.41, 5.74) is 2.60. The van der Waals surface area contributed by atoms with E-state index in [1.54, 1.807) is 19.1 Å². The fourth-order valence-corrected chi connectivity index (χ4v) is 5.47. The molecule has 3 rings (SSSR count). The van der Waals surface area contributed by atoms with Crippen LogP contribution in [0, 0.1) is 22.7 Å². The van der Waals surface area contributed by atoms with Crippen LogP contribution in [-0.2, 0) is 21.1 Å². The highest BCUT2D eigenvalue weighted by molar-refractivity contribution is 7.91. The van der Waals surface area contributed by atoms with E-state index in [0.717, 1.165) is 42.5 Å². The minimum atomic E-state index is -3.49. The minimum Gasteiger partial charge on any atom is -0.339 e. The molecular weight excluding hydrogens is 436 g/mol. The van der Waals surface area contributed by atoms with Gasteiger partial charge in [-0.15, -0.1) is 0 Å². The second-order valence-electron chi connectivity index (χ2n) is 8.24. The third-order valence-corrected chi connectivity index (χ3v) is 7.71. The Morgan fingerprint density at radius 1 is 1.15 bits per heavy atom. The normalized spacial score (nSPS) is 16.9. The predicted molar refractivity (Wildman–Crippen MR) is 126 cm³/mol. The zero-order valence-corrected chi connectivity index (χ0v) is 19.5. The van der Waals surface area contributed by atoms with E-state index in [1.165, 1.54) is 6.07 Å². The number of amides is 1. The molecule has 1 aliphatic heterocycles. The monoisotopic (exact) mass is 464 g/mol. The molecule has 1 amide bonds. The third-order valence-electron chi connectivity index (χ3n) is 5.73. The fraction of sp³-hybridized carbons (Fsp3) is 0.400. The molecule has 33 heavy (non-hydrogen) atoms. The topological polar surface area (TPSA) is 123 Å². The van der Waals surface area contributed by atoms with Crippen LogP contribution in [0.1, 0.15) is 43.7 Å². The van der Waals surface area contributed by atoms with E-state index in [1.807, 2.05) is 30.3 Å². The maximum absolute atomic E-state index is 12.4. The highest BCUT2D eigenvalue weighted by Crippen LogP contribution is 2.26. The summed E-state index contributed by atoms with van der Waals surface area (Å²) in [7, 11) is -3.49. The molecule has 1 saturated heterocycles. The first-order valence-corrected chi connectivity index (χ1v) is 12.8. The number of hydrogen-bond donors (Lipinski definition) is 2. The highest BCUT2D eigenvalue weighted by Gasteiger charge is 2.23. The average molecular weight is 465 g/mol. The Labute approximate surface area is 195 Å². The summed E-state index contributed by atoms with van der Waals surface area (Å²) in [6.45, 7) is 2.60. The third kappa shape index (κ3) is 6.19. The first-order chi connectivity index (χ1) is 15.9. The van der Waals surface area contributed by atoms with Crippen LogP contribution in [0.3, 0.4) is 0 Å². The van der Waals surface area contributed by atoms with Gasteiger partial charge in [0, 0.05) is 6.42 Å². The average Bonchev–Trinajstić information content (AvgIpc) is 2.84. The lowest BCUT2D eigenvalue weighted by Gasteiger charge is -2.23. The van der Waals surface area contributed by atoms with Gasteiger partial charge in [-0.05, 0) is 54.6 Å². The molecule has 0 spiro atoms. The number of nitriles is 2. The Kier molecular flexibility index (Phi) is 8.21. The Morgan fingerprint density at radius 3 is 2.48 bits per heavy atom. The summed E-state index contributed by atoms with van der Waals surface area (Å²) < 4.78 is 24.8. The number of rotatable bonds is 8. The van der Waals surface area contributed by atoms with Gasteiger partial charge in [-0.2, -0.15) is 10.5 Å². The molecule has 0 unspecified atom stereocenters. The molecule has 8 heteroatoms. The van der Waals surface area contributed by atoms with Gasteiger partial charge >= 0.3 is 0 Å². The van der Waals surface area contributed by atoms with Crippen LogP contribution in [-0.4, -0.2) is 38.7 Å². The largest absolute Gasteiger partial charge is 0.339 e.